The minimum atomic E-state index is -0.0121. The highest BCUT2D eigenvalue weighted by atomic mass is 16.3. The zero-order valence-corrected chi connectivity index (χ0v) is 11.6. The standard InChI is InChI=1S/C17H21NO/c1-13-8-9-16(14(2)10-13)11-18-17(12-19)15-6-4-3-5-7-15/h3-10,17-19H,11-12H2,1-2H3. The van der Waals surface area contributed by atoms with E-state index in [1.807, 2.05) is 30.3 Å². The van der Waals surface area contributed by atoms with E-state index in [1.165, 1.54) is 16.7 Å². The molecular weight excluding hydrogens is 234 g/mol. The second-order valence-electron chi connectivity index (χ2n) is 4.96. The van der Waals surface area contributed by atoms with Crippen molar-refractivity contribution in [3.05, 3.63) is 70.8 Å². The van der Waals surface area contributed by atoms with Crippen LogP contribution in [-0.2, 0) is 6.54 Å². The molecule has 2 N–H and O–H groups in total. The van der Waals surface area contributed by atoms with Gasteiger partial charge in [0.15, 0.2) is 0 Å². The average molecular weight is 255 g/mol. The third-order valence-corrected chi connectivity index (χ3v) is 3.42. The van der Waals surface area contributed by atoms with Gasteiger partial charge in [0.25, 0.3) is 0 Å². The van der Waals surface area contributed by atoms with Gasteiger partial charge >= 0.3 is 0 Å². The lowest BCUT2D eigenvalue weighted by Gasteiger charge is -2.17. The van der Waals surface area contributed by atoms with E-state index >= 15 is 0 Å². The van der Waals surface area contributed by atoms with Crippen molar-refractivity contribution in [2.24, 2.45) is 0 Å². The molecule has 2 nitrogen and oxygen atoms in total. The molecule has 2 rings (SSSR count). The fourth-order valence-electron chi connectivity index (χ4n) is 2.25. The molecule has 2 aromatic rings. The predicted molar refractivity (Wildman–Crippen MR) is 79.0 cm³/mol. The maximum Gasteiger partial charge on any atom is 0.0626 e. The van der Waals surface area contributed by atoms with Gasteiger partial charge in [0.05, 0.1) is 12.6 Å². The molecule has 0 heterocycles. The van der Waals surface area contributed by atoms with Crippen LogP contribution in [0.3, 0.4) is 0 Å². The highest BCUT2D eigenvalue weighted by molar-refractivity contribution is 5.30. The zero-order valence-electron chi connectivity index (χ0n) is 11.6. The van der Waals surface area contributed by atoms with Crippen LogP contribution in [0.2, 0.25) is 0 Å². The van der Waals surface area contributed by atoms with Gasteiger partial charge in [0.1, 0.15) is 0 Å². The van der Waals surface area contributed by atoms with Crippen LogP contribution in [0.15, 0.2) is 48.5 Å². The zero-order chi connectivity index (χ0) is 13.7. The quantitative estimate of drug-likeness (QED) is 0.860. The van der Waals surface area contributed by atoms with Crippen LogP contribution in [0.1, 0.15) is 28.3 Å². The van der Waals surface area contributed by atoms with Crippen molar-refractivity contribution in [3.63, 3.8) is 0 Å². The average Bonchev–Trinajstić information content (AvgIpc) is 2.43. The molecule has 100 valence electrons. The second-order valence-corrected chi connectivity index (χ2v) is 4.96. The maximum absolute atomic E-state index is 9.51. The number of aryl methyl sites for hydroxylation is 2. The minimum absolute atomic E-state index is 0.0121. The molecule has 2 heteroatoms. The third kappa shape index (κ3) is 3.66. The van der Waals surface area contributed by atoms with Crippen LogP contribution in [0.5, 0.6) is 0 Å². The van der Waals surface area contributed by atoms with Gasteiger partial charge in [-0.1, -0.05) is 54.1 Å². The smallest absolute Gasteiger partial charge is 0.0626 e. The number of rotatable bonds is 5. The van der Waals surface area contributed by atoms with Crippen molar-refractivity contribution < 1.29 is 5.11 Å². The minimum Gasteiger partial charge on any atom is -0.394 e. The Morgan fingerprint density at radius 2 is 1.79 bits per heavy atom. The highest BCUT2D eigenvalue weighted by Crippen LogP contribution is 2.15. The predicted octanol–water partition coefficient (Wildman–Crippen LogP) is 3.13. The molecule has 0 fully saturated rings. The van der Waals surface area contributed by atoms with Gasteiger partial charge in [-0.05, 0) is 30.5 Å². The highest BCUT2D eigenvalue weighted by Gasteiger charge is 2.09. The Morgan fingerprint density at radius 1 is 1.05 bits per heavy atom. The Morgan fingerprint density at radius 3 is 2.42 bits per heavy atom. The number of aliphatic hydroxyl groups excluding tert-OH is 1. The van der Waals surface area contributed by atoms with Crippen LogP contribution in [0.4, 0.5) is 0 Å². The number of nitrogens with one attached hydrogen (secondary N) is 1. The van der Waals surface area contributed by atoms with Crippen LogP contribution in [-0.4, -0.2) is 11.7 Å². The van der Waals surface area contributed by atoms with Crippen LogP contribution in [0, 0.1) is 13.8 Å². The molecule has 0 aliphatic rings. The van der Waals surface area contributed by atoms with E-state index in [0.29, 0.717) is 0 Å². The summed E-state index contributed by atoms with van der Waals surface area (Å²) in [4.78, 5) is 0. The summed E-state index contributed by atoms with van der Waals surface area (Å²) >= 11 is 0. The lowest BCUT2D eigenvalue weighted by atomic mass is 10.0. The Kier molecular flexibility index (Phi) is 4.72. The van der Waals surface area contributed by atoms with Crippen molar-refractivity contribution in [2.45, 2.75) is 26.4 Å². The Balaban J connectivity index is 2.04. The molecule has 0 saturated carbocycles. The molecule has 0 spiro atoms. The normalized spacial score (nSPS) is 12.4. The topological polar surface area (TPSA) is 32.3 Å². The first-order valence-electron chi connectivity index (χ1n) is 6.66. The fraction of sp³-hybridized carbons (Fsp3) is 0.294. The third-order valence-electron chi connectivity index (χ3n) is 3.42. The van der Waals surface area contributed by atoms with Crippen molar-refractivity contribution in [3.8, 4) is 0 Å². The van der Waals surface area contributed by atoms with Crippen molar-refractivity contribution in [1.82, 2.24) is 5.32 Å². The van der Waals surface area contributed by atoms with Gasteiger partial charge in [0, 0.05) is 6.54 Å². The summed E-state index contributed by atoms with van der Waals surface area (Å²) in [5.41, 5.74) is 4.97. The van der Waals surface area contributed by atoms with E-state index in [1.54, 1.807) is 0 Å². The van der Waals surface area contributed by atoms with E-state index < -0.39 is 0 Å². The summed E-state index contributed by atoms with van der Waals surface area (Å²) in [6, 6.07) is 16.5. The number of hydrogen-bond donors (Lipinski definition) is 2. The van der Waals surface area contributed by atoms with E-state index in [-0.39, 0.29) is 12.6 Å². The van der Waals surface area contributed by atoms with E-state index in [0.717, 1.165) is 12.1 Å². The SMILES string of the molecule is Cc1ccc(CNC(CO)c2ccccc2)c(C)c1. The monoisotopic (exact) mass is 255 g/mol. The summed E-state index contributed by atoms with van der Waals surface area (Å²) in [6.07, 6.45) is 0. The first-order chi connectivity index (χ1) is 9.20. The lowest BCUT2D eigenvalue weighted by Crippen LogP contribution is -2.24. The van der Waals surface area contributed by atoms with Crippen LogP contribution < -0.4 is 5.32 Å². The van der Waals surface area contributed by atoms with Gasteiger partial charge in [-0.2, -0.15) is 0 Å². The van der Waals surface area contributed by atoms with E-state index in [9.17, 15) is 5.11 Å². The van der Waals surface area contributed by atoms with Gasteiger partial charge in [-0.15, -0.1) is 0 Å². The van der Waals surface area contributed by atoms with Gasteiger partial charge in [-0.25, -0.2) is 0 Å². The molecule has 0 radical (unpaired) electrons. The number of benzene rings is 2. The Bertz CT molecular complexity index is 522. The largest absolute Gasteiger partial charge is 0.394 e. The van der Waals surface area contributed by atoms with Gasteiger partial charge < -0.3 is 10.4 Å². The number of hydrogen-bond acceptors (Lipinski definition) is 2. The molecule has 0 saturated heterocycles. The van der Waals surface area contributed by atoms with E-state index in [2.05, 4.69) is 37.4 Å². The molecule has 0 aromatic heterocycles. The maximum atomic E-state index is 9.51. The molecule has 1 unspecified atom stereocenters. The van der Waals surface area contributed by atoms with E-state index in [4.69, 9.17) is 0 Å². The first-order valence-corrected chi connectivity index (χ1v) is 6.66. The van der Waals surface area contributed by atoms with Crippen molar-refractivity contribution >= 4 is 0 Å². The summed E-state index contributed by atoms with van der Waals surface area (Å²) in [5.74, 6) is 0. The summed E-state index contributed by atoms with van der Waals surface area (Å²) in [7, 11) is 0. The molecule has 1 atom stereocenters. The Labute approximate surface area is 115 Å². The fourth-order valence-corrected chi connectivity index (χ4v) is 2.25. The summed E-state index contributed by atoms with van der Waals surface area (Å²) < 4.78 is 0. The van der Waals surface area contributed by atoms with Gasteiger partial charge in [0.2, 0.25) is 0 Å². The van der Waals surface area contributed by atoms with Crippen LogP contribution >= 0.6 is 0 Å². The molecule has 2 aromatic carbocycles. The second kappa shape index (κ2) is 6.50. The molecular formula is C17H21NO. The van der Waals surface area contributed by atoms with Crippen LogP contribution in [0.25, 0.3) is 0 Å². The molecule has 19 heavy (non-hydrogen) atoms. The number of aliphatic hydroxyl groups is 1. The molecule has 0 aliphatic carbocycles. The van der Waals surface area contributed by atoms with Gasteiger partial charge in [-0.3, -0.25) is 0 Å². The lowest BCUT2D eigenvalue weighted by molar-refractivity contribution is 0.243. The Hall–Kier alpha value is -1.64. The summed E-state index contributed by atoms with van der Waals surface area (Å²) in [6.45, 7) is 5.10. The molecule has 0 amide bonds. The summed E-state index contributed by atoms with van der Waals surface area (Å²) in [5, 5.41) is 12.9. The first kappa shape index (κ1) is 13.8. The molecule has 0 bridgehead atoms. The van der Waals surface area contributed by atoms with Crippen molar-refractivity contribution in [2.75, 3.05) is 6.61 Å². The molecule has 0 aliphatic heterocycles. The van der Waals surface area contributed by atoms with Crippen molar-refractivity contribution in [1.29, 1.82) is 0 Å².